The van der Waals surface area contributed by atoms with Crippen LogP contribution >= 0.6 is 0 Å². The summed E-state index contributed by atoms with van der Waals surface area (Å²) in [6, 6.07) is 1.77. The SMILES string of the molecule is CCn1nccc1C(=O)N1CCC2CC21C(=O)N1CCC(C)CC1. The summed E-state index contributed by atoms with van der Waals surface area (Å²) in [5.41, 5.74) is 0.0463. The van der Waals surface area contributed by atoms with Crippen molar-refractivity contribution >= 4 is 11.8 Å². The van der Waals surface area contributed by atoms with Gasteiger partial charge in [0.1, 0.15) is 11.2 Å². The summed E-state index contributed by atoms with van der Waals surface area (Å²) in [5, 5.41) is 4.21. The molecule has 1 saturated carbocycles. The van der Waals surface area contributed by atoms with Crippen LogP contribution in [0.2, 0.25) is 0 Å². The Balaban J connectivity index is 1.56. The molecule has 2 atom stereocenters. The molecule has 1 aromatic rings. The topological polar surface area (TPSA) is 58.4 Å². The van der Waals surface area contributed by atoms with Crippen LogP contribution in [-0.2, 0) is 11.3 Å². The van der Waals surface area contributed by atoms with Crippen molar-refractivity contribution in [2.24, 2.45) is 11.8 Å². The molecule has 0 N–H and O–H groups in total. The van der Waals surface area contributed by atoms with E-state index in [1.54, 1.807) is 16.9 Å². The fourth-order valence-electron chi connectivity index (χ4n) is 4.52. The molecule has 1 aliphatic carbocycles. The van der Waals surface area contributed by atoms with Gasteiger partial charge in [0.2, 0.25) is 5.91 Å². The zero-order valence-corrected chi connectivity index (χ0v) is 14.6. The molecular weight excluding hydrogens is 304 g/mol. The summed E-state index contributed by atoms with van der Waals surface area (Å²) in [6.07, 6.45) is 5.59. The van der Waals surface area contributed by atoms with E-state index in [9.17, 15) is 9.59 Å². The van der Waals surface area contributed by atoms with Gasteiger partial charge < -0.3 is 9.80 Å². The zero-order chi connectivity index (χ0) is 16.9. The van der Waals surface area contributed by atoms with E-state index in [0.29, 0.717) is 30.6 Å². The highest BCUT2D eigenvalue weighted by Gasteiger charge is 2.69. The van der Waals surface area contributed by atoms with Gasteiger partial charge in [-0.25, -0.2) is 0 Å². The molecule has 6 nitrogen and oxygen atoms in total. The highest BCUT2D eigenvalue weighted by atomic mass is 16.2. The normalized spacial score (nSPS) is 29.7. The number of aromatic nitrogens is 2. The summed E-state index contributed by atoms with van der Waals surface area (Å²) in [4.78, 5) is 30.1. The van der Waals surface area contributed by atoms with Gasteiger partial charge in [0.25, 0.3) is 5.91 Å². The van der Waals surface area contributed by atoms with E-state index < -0.39 is 5.54 Å². The van der Waals surface area contributed by atoms with E-state index in [1.807, 2.05) is 16.7 Å². The summed E-state index contributed by atoms with van der Waals surface area (Å²) >= 11 is 0. The van der Waals surface area contributed by atoms with Gasteiger partial charge in [-0.3, -0.25) is 14.3 Å². The average Bonchev–Trinajstić information content (AvgIpc) is 2.97. The van der Waals surface area contributed by atoms with Crippen LogP contribution in [0.4, 0.5) is 0 Å². The molecule has 0 aromatic carbocycles. The summed E-state index contributed by atoms with van der Waals surface area (Å²) in [5.74, 6) is 1.20. The lowest BCUT2D eigenvalue weighted by Gasteiger charge is -2.36. The van der Waals surface area contributed by atoms with Gasteiger partial charge in [0, 0.05) is 32.4 Å². The molecule has 2 unspecified atom stereocenters. The Morgan fingerprint density at radius 3 is 2.67 bits per heavy atom. The van der Waals surface area contributed by atoms with E-state index >= 15 is 0 Å². The largest absolute Gasteiger partial charge is 0.341 e. The van der Waals surface area contributed by atoms with Crippen molar-refractivity contribution in [2.75, 3.05) is 19.6 Å². The molecule has 3 fully saturated rings. The van der Waals surface area contributed by atoms with E-state index in [4.69, 9.17) is 0 Å². The molecule has 0 radical (unpaired) electrons. The molecule has 2 amide bonds. The lowest BCUT2D eigenvalue weighted by molar-refractivity contribution is -0.138. The Bertz CT molecular complexity index is 662. The average molecular weight is 330 g/mol. The molecule has 3 heterocycles. The fourth-order valence-corrected chi connectivity index (χ4v) is 4.52. The number of carbonyl (C=O) groups excluding carboxylic acids is 2. The summed E-state index contributed by atoms with van der Waals surface area (Å²) in [7, 11) is 0. The number of likely N-dealkylation sites (tertiary alicyclic amines) is 2. The number of hydrogen-bond acceptors (Lipinski definition) is 3. The van der Waals surface area contributed by atoms with Gasteiger partial charge in [-0.2, -0.15) is 5.10 Å². The fraction of sp³-hybridized carbons (Fsp3) is 0.722. The molecule has 2 aliphatic heterocycles. The van der Waals surface area contributed by atoms with E-state index in [-0.39, 0.29) is 11.8 Å². The second-order valence-corrected chi connectivity index (χ2v) is 7.58. The number of piperidine rings is 2. The van der Waals surface area contributed by atoms with Crippen LogP contribution in [0.15, 0.2) is 12.3 Å². The Labute approximate surface area is 142 Å². The predicted octanol–water partition coefficient (Wildman–Crippen LogP) is 1.77. The summed E-state index contributed by atoms with van der Waals surface area (Å²) < 4.78 is 1.72. The Morgan fingerprint density at radius 1 is 1.25 bits per heavy atom. The van der Waals surface area contributed by atoms with Crippen molar-refractivity contribution < 1.29 is 9.59 Å². The van der Waals surface area contributed by atoms with Gasteiger partial charge in [0.05, 0.1) is 0 Å². The van der Waals surface area contributed by atoms with Crippen LogP contribution in [0.5, 0.6) is 0 Å². The van der Waals surface area contributed by atoms with Crippen molar-refractivity contribution in [2.45, 2.75) is 51.6 Å². The third kappa shape index (κ3) is 2.19. The third-order valence-electron chi connectivity index (χ3n) is 6.18. The smallest absolute Gasteiger partial charge is 0.273 e. The van der Waals surface area contributed by atoms with Gasteiger partial charge in [0.15, 0.2) is 0 Å². The van der Waals surface area contributed by atoms with Crippen LogP contribution in [-0.4, -0.2) is 56.6 Å². The number of aryl methyl sites for hydroxylation is 1. The molecule has 0 spiro atoms. The molecule has 1 aromatic heterocycles. The van der Waals surface area contributed by atoms with Crippen LogP contribution < -0.4 is 0 Å². The van der Waals surface area contributed by atoms with Crippen LogP contribution in [0.1, 0.15) is 50.0 Å². The molecule has 3 aliphatic rings. The first-order valence-electron chi connectivity index (χ1n) is 9.21. The third-order valence-corrected chi connectivity index (χ3v) is 6.18. The van der Waals surface area contributed by atoms with Crippen LogP contribution in [0.25, 0.3) is 0 Å². The molecule has 2 saturated heterocycles. The van der Waals surface area contributed by atoms with Gasteiger partial charge in [-0.05, 0) is 50.5 Å². The predicted molar refractivity (Wildman–Crippen MR) is 89.4 cm³/mol. The highest BCUT2D eigenvalue weighted by Crippen LogP contribution is 2.57. The van der Waals surface area contributed by atoms with Crippen LogP contribution in [0.3, 0.4) is 0 Å². The first-order valence-corrected chi connectivity index (χ1v) is 9.21. The number of amides is 2. The summed E-state index contributed by atoms with van der Waals surface area (Å²) in [6.45, 7) is 7.25. The van der Waals surface area contributed by atoms with E-state index in [0.717, 1.165) is 38.8 Å². The molecule has 6 heteroatoms. The van der Waals surface area contributed by atoms with Crippen molar-refractivity contribution in [3.8, 4) is 0 Å². The van der Waals surface area contributed by atoms with Crippen molar-refractivity contribution in [1.82, 2.24) is 19.6 Å². The highest BCUT2D eigenvalue weighted by molar-refractivity contribution is 6.01. The Hall–Kier alpha value is -1.85. The molecule has 130 valence electrons. The number of rotatable bonds is 3. The first kappa shape index (κ1) is 15.7. The number of hydrogen-bond donors (Lipinski definition) is 0. The second kappa shape index (κ2) is 5.60. The maximum Gasteiger partial charge on any atom is 0.273 e. The van der Waals surface area contributed by atoms with Crippen molar-refractivity contribution in [3.63, 3.8) is 0 Å². The Morgan fingerprint density at radius 2 is 2.00 bits per heavy atom. The lowest BCUT2D eigenvalue weighted by Crippen LogP contribution is -2.53. The molecular formula is C18H26N4O2. The van der Waals surface area contributed by atoms with Gasteiger partial charge in [-0.1, -0.05) is 6.92 Å². The minimum atomic E-state index is -0.555. The standard InChI is InChI=1S/C18H26N4O2/c1-3-22-15(4-8-19-22)16(23)21-11-7-14-12-18(14,21)17(24)20-9-5-13(2)6-10-20/h4,8,13-14H,3,5-7,9-12H2,1-2H3. The molecule has 4 rings (SSSR count). The monoisotopic (exact) mass is 330 g/mol. The lowest BCUT2D eigenvalue weighted by atomic mass is 9.98. The van der Waals surface area contributed by atoms with Crippen LogP contribution in [0, 0.1) is 11.8 Å². The number of nitrogens with zero attached hydrogens (tertiary/aromatic N) is 4. The van der Waals surface area contributed by atoms with E-state index in [2.05, 4.69) is 12.0 Å². The van der Waals surface area contributed by atoms with Crippen molar-refractivity contribution in [3.05, 3.63) is 18.0 Å². The van der Waals surface area contributed by atoms with Crippen molar-refractivity contribution in [1.29, 1.82) is 0 Å². The van der Waals surface area contributed by atoms with Gasteiger partial charge in [-0.15, -0.1) is 0 Å². The first-order chi connectivity index (χ1) is 11.6. The Kier molecular flexibility index (Phi) is 3.66. The molecule has 24 heavy (non-hydrogen) atoms. The quantitative estimate of drug-likeness (QED) is 0.849. The van der Waals surface area contributed by atoms with Gasteiger partial charge >= 0.3 is 0 Å². The second-order valence-electron chi connectivity index (χ2n) is 7.58. The maximum atomic E-state index is 13.2. The number of fused-ring (bicyclic) bond motifs is 1. The maximum absolute atomic E-state index is 13.2. The minimum Gasteiger partial charge on any atom is -0.341 e. The molecule has 0 bridgehead atoms. The number of carbonyl (C=O) groups is 2. The van der Waals surface area contributed by atoms with E-state index in [1.165, 1.54) is 0 Å². The zero-order valence-electron chi connectivity index (χ0n) is 14.6. The minimum absolute atomic E-state index is 0.0342.